The molecule has 3 aromatic rings. The Morgan fingerprint density at radius 1 is 1.00 bits per heavy atom. The lowest BCUT2D eigenvalue weighted by atomic mass is 9.87. The van der Waals surface area contributed by atoms with Gasteiger partial charge in [0.1, 0.15) is 0 Å². The zero-order valence-electron chi connectivity index (χ0n) is 19.6. The fourth-order valence-electron chi connectivity index (χ4n) is 3.23. The van der Waals surface area contributed by atoms with Gasteiger partial charge in [-0.15, -0.1) is 0 Å². The van der Waals surface area contributed by atoms with Crippen molar-refractivity contribution in [1.82, 2.24) is 5.32 Å². The first-order valence-electron chi connectivity index (χ1n) is 10.6. The van der Waals surface area contributed by atoms with Gasteiger partial charge < -0.3 is 19.2 Å². The van der Waals surface area contributed by atoms with Gasteiger partial charge in [-0.25, -0.2) is 0 Å². The molecular weight excluding hydrogens is 422 g/mol. The second-order valence-electron chi connectivity index (χ2n) is 8.65. The molecule has 0 saturated heterocycles. The number of methoxy groups -OCH3 is 2. The molecule has 0 atom stereocenters. The third-order valence-electron chi connectivity index (χ3n) is 5.22. The van der Waals surface area contributed by atoms with Crippen LogP contribution in [0.4, 0.5) is 0 Å². The van der Waals surface area contributed by atoms with Crippen LogP contribution in [0, 0.1) is 6.92 Å². The number of carbonyl (C=O) groups is 1. The molecule has 0 saturated carbocycles. The zero-order valence-corrected chi connectivity index (χ0v) is 20.4. The summed E-state index contributed by atoms with van der Waals surface area (Å²) in [5.41, 5.74) is 3.57. The van der Waals surface area contributed by atoms with Gasteiger partial charge in [0.05, 0.1) is 14.2 Å². The van der Waals surface area contributed by atoms with Gasteiger partial charge in [0, 0.05) is 11.4 Å². The highest BCUT2D eigenvalue weighted by Gasteiger charge is 2.17. The number of nitrogens with one attached hydrogen (secondary N) is 1. The van der Waals surface area contributed by atoms with Crippen LogP contribution in [0.25, 0.3) is 0 Å². The maximum atomic E-state index is 12.5. The van der Waals surface area contributed by atoms with Crippen LogP contribution in [0.5, 0.6) is 11.5 Å². The molecule has 32 heavy (non-hydrogen) atoms. The number of amides is 1. The largest absolute Gasteiger partial charge is 0.493 e. The summed E-state index contributed by atoms with van der Waals surface area (Å²) in [6.07, 6.45) is 0.674. The van der Waals surface area contributed by atoms with Crippen LogP contribution in [0.15, 0.2) is 62.9 Å². The second kappa shape index (κ2) is 10.2. The van der Waals surface area contributed by atoms with Crippen molar-refractivity contribution in [1.29, 1.82) is 0 Å². The van der Waals surface area contributed by atoms with E-state index in [1.807, 2.05) is 24.3 Å². The highest BCUT2D eigenvalue weighted by atomic mass is 32.2. The molecule has 5 nitrogen and oxygen atoms in total. The molecule has 0 aliphatic rings. The predicted octanol–water partition coefficient (Wildman–Crippen LogP) is 6.03. The Hall–Kier alpha value is -2.86. The predicted molar refractivity (Wildman–Crippen MR) is 128 cm³/mol. The van der Waals surface area contributed by atoms with E-state index in [1.165, 1.54) is 22.9 Å². The van der Waals surface area contributed by atoms with Gasteiger partial charge in [0.2, 0.25) is 0 Å². The number of rotatable bonds is 8. The molecule has 0 unspecified atom stereocenters. The van der Waals surface area contributed by atoms with E-state index in [9.17, 15) is 4.79 Å². The number of carbonyl (C=O) groups excluding carboxylic acids is 1. The monoisotopic (exact) mass is 453 g/mol. The highest BCUT2D eigenvalue weighted by molar-refractivity contribution is 7.99. The van der Waals surface area contributed by atoms with Gasteiger partial charge in [-0.05, 0) is 65.8 Å². The summed E-state index contributed by atoms with van der Waals surface area (Å²) >= 11 is 1.54. The average molecular weight is 454 g/mol. The topological polar surface area (TPSA) is 60.7 Å². The van der Waals surface area contributed by atoms with E-state index in [1.54, 1.807) is 20.3 Å². The summed E-state index contributed by atoms with van der Waals surface area (Å²) < 4.78 is 16.4. The Labute approximate surface area is 194 Å². The molecule has 0 bridgehead atoms. The van der Waals surface area contributed by atoms with E-state index in [2.05, 4.69) is 51.2 Å². The number of ether oxygens (including phenoxy) is 2. The lowest BCUT2D eigenvalue weighted by Crippen LogP contribution is -2.25. The molecular formula is C26H31NO4S. The minimum absolute atomic E-state index is 0.0745. The molecule has 2 aromatic carbocycles. The Bertz CT molecular complexity index is 1080. The molecule has 3 rings (SSSR count). The van der Waals surface area contributed by atoms with Gasteiger partial charge in [0.15, 0.2) is 22.4 Å². The van der Waals surface area contributed by atoms with Crippen molar-refractivity contribution in [2.45, 2.75) is 49.5 Å². The Kier molecular flexibility index (Phi) is 7.56. The van der Waals surface area contributed by atoms with Crippen molar-refractivity contribution in [2.24, 2.45) is 0 Å². The van der Waals surface area contributed by atoms with Crippen LogP contribution in [-0.4, -0.2) is 26.7 Å². The zero-order chi connectivity index (χ0) is 23.3. The summed E-state index contributed by atoms with van der Waals surface area (Å²) in [4.78, 5) is 13.6. The first-order chi connectivity index (χ1) is 15.2. The number of benzene rings is 2. The maximum Gasteiger partial charge on any atom is 0.287 e. The highest BCUT2D eigenvalue weighted by Crippen LogP contribution is 2.35. The SMILES string of the molecule is COc1ccc(CCNC(=O)c2ccc(Sc3cc(C(C)(C)C)ccc3C)o2)cc1OC. The third kappa shape index (κ3) is 5.88. The van der Waals surface area contributed by atoms with E-state index in [-0.39, 0.29) is 11.3 Å². The summed E-state index contributed by atoms with van der Waals surface area (Å²) in [7, 11) is 3.22. The first kappa shape index (κ1) is 23.8. The van der Waals surface area contributed by atoms with Gasteiger partial charge >= 0.3 is 0 Å². The Morgan fingerprint density at radius 2 is 1.75 bits per heavy atom. The standard InChI is InChI=1S/C26H31NO4S/c1-17-7-9-19(26(2,3)4)16-23(17)32-24-12-11-21(31-24)25(28)27-14-13-18-8-10-20(29-5)22(15-18)30-6/h7-12,15-16H,13-14H2,1-6H3,(H,27,28). The molecule has 1 heterocycles. The molecule has 0 spiro atoms. The third-order valence-corrected chi connectivity index (χ3v) is 6.30. The Balaban J connectivity index is 1.59. The molecule has 1 amide bonds. The first-order valence-corrected chi connectivity index (χ1v) is 11.4. The van der Waals surface area contributed by atoms with Crippen LogP contribution in [0.3, 0.4) is 0 Å². The number of hydrogen-bond acceptors (Lipinski definition) is 5. The minimum atomic E-state index is -0.225. The molecule has 0 aliphatic carbocycles. The quantitative estimate of drug-likeness (QED) is 0.451. The van der Waals surface area contributed by atoms with Crippen LogP contribution in [0.1, 0.15) is 48.0 Å². The molecule has 0 fully saturated rings. The molecule has 6 heteroatoms. The summed E-state index contributed by atoms with van der Waals surface area (Å²) in [5.74, 6) is 1.45. The van der Waals surface area contributed by atoms with E-state index < -0.39 is 0 Å². The van der Waals surface area contributed by atoms with Gasteiger partial charge in [0.25, 0.3) is 5.91 Å². The summed E-state index contributed by atoms with van der Waals surface area (Å²) in [5, 5.41) is 3.62. The number of hydrogen-bond donors (Lipinski definition) is 1. The fourth-order valence-corrected chi connectivity index (χ4v) is 4.12. The molecule has 0 radical (unpaired) electrons. The molecule has 1 aromatic heterocycles. The number of furan rings is 1. The molecule has 170 valence electrons. The average Bonchev–Trinajstić information content (AvgIpc) is 3.23. The minimum Gasteiger partial charge on any atom is -0.493 e. The van der Waals surface area contributed by atoms with E-state index in [0.717, 1.165) is 10.5 Å². The van der Waals surface area contributed by atoms with E-state index in [0.29, 0.717) is 35.3 Å². The van der Waals surface area contributed by atoms with Crippen molar-refractivity contribution in [3.8, 4) is 11.5 Å². The lowest BCUT2D eigenvalue weighted by Gasteiger charge is -2.20. The lowest BCUT2D eigenvalue weighted by molar-refractivity contribution is 0.0921. The van der Waals surface area contributed by atoms with Crippen LogP contribution < -0.4 is 14.8 Å². The maximum absolute atomic E-state index is 12.5. The van der Waals surface area contributed by atoms with Crippen molar-refractivity contribution < 1.29 is 18.7 Å². The van der Waals surface area contributed by atoms with Crippen LogP contribution in [0.2, 0.25) is 0 Å². The smallest absolute Gasteiger partial charge is 0.287 e. The molecule has 1 N–H and O–H groups in total. The van der Waals surface area contributed by atoms with E-state index in [4.69, 9.17) is 13.9 Å². The second-order valence-corrected chi connectivity index (χ2v) is 9.69. The van der Waals surface area contributed by atoms with Gasteiger partial charge in [-0.3, -0.25) is 4.79 Å². The van der Waals surface area contributed by atoms with Crippen molar-refractivity contribution in [3.05, 3.63) is 71.0 Å². The van der Waals surface area contributed by atoms with Crippen molar-refractivity contribution in [2.75, 3.05) is 20.8 Å². The van der Waals surface area contributed by atoms with E-state index >= 15 is 0 Å². The van der Waals surface area contributed by atoms with Crippen LogP contribution in [-0.2, 0) is 11.8 Å². The van der Waals surface area contributed by atoms with Gasteiger partial charge in [-0.2, -0.15) is 0 Å². The normalized spacial score (nSPS) is 11.3. The number of aryl methyl sites for hydroxylation is 1. The van der Waals surface area contributed by atoms with Gasteiger partial charge in [-0.1, -0.05) is 50.7 Å². The fraction of sp³-hybridized carbons (Fsp3) is 0.346. The van der Waals surface area contributed by atoms with Crippen molar-refractivity contribution in [3.63, 3.8) is 0 Å². The molecule has 0 aliphatic heterocycles. The van der Waals surface area contributed by atoms with Crippen molar-refractivity contribution >= 4 is 17.7 Å². The van der Waals surface area contributed by atoms with Crippen LogP contribution >= 0.6 is 11.8 Å². The summed E-state index contributed by atoms with van der Waals surface area (Å²) in [6.45, 7) is 9.17. The summed E-state index contributed by atoms with van der Waals surface area (Å²) in [6, 6.07) is 15.8. The Morgan fingerprint density at radius 3 is 2.44 bits per heavy atom.